The summed E-state index contributed by atoms with van der Waals surface area (Å²) in [7, 11) is 1.41. The lowest BCUT2D eigenvalue weighted by Gasteiger charge is -2.42. The molecule has 0 heterocycles. The molecule has 2 heteroatoms. The Morgan fingerprint density at radius 2 is 1.44 bits per heavy atom. The van der Waals surface area contributed by atoms with Crippen LogP contribution < -0.4 is 0 Å². The normalized spacial score (nSPS) is 17.6. The molecule has 2 nitrogen and oxygen atoms in total. The van der Waals surface area contributed by atoms with E-state index in [-0.39, 0.29) is 16.8 Å². The maximum atomic E-state index is 11.6. The number of hydrogen-bond acceptors (Lipinski definition) is 2. The van der Waals surface area contributed by atoms with Gasteiger partial charge >= 0.3 is 5.97 Å². The van der Waals surface area contributed by atoms with Gasteiger partial charge in [0, 0.05) is 0 Å². The van der Waals surface area contributed by atoms with Crippen LogP contribution in [0.5, 0.6) is 0 Å². The summed E-state index contributed by atoms with van der Waals surface area (Å²) in [5.41, 5.74) is 6.61. The van der Waals surface area contributed by atoms with Gasteiger partial charge in [-0.3, -0.25) is 0 Å². The third kappa shape index (κ3) is 3.49. The van der Waals surface area contributed by atoms with Gasteiger partial charge in [-0.1, -0.05) is 58.0 Å². The van der Waals surface area contributed by atoms with Gasteiger partial charge in [0.1, 0.15) is 0 Å². The molecular weight excluding hydrogens is 308 g/mol. The number of hydrogen-bond donors (Lipinski definition) is 0. The first kappa shape index (κ1) is 17.7. The van der Waals surface area contributed by atoms with Crippen LogP contribution in [0.15, 0.2) is 42.5 Å². The number of ether oxygens (including phenoxy) is 1. The molecule has 0 radical (unpaired) electrons. The molecule has 0 spiro atoms. The average Bonchev–Trinajstić information content (AvgIpc) is 2.59. The molecule has 0 fully saturated rings. The molecule has 2 aromatic rings. The highest BCUT2D eigenvalue weighted by atomic mass is 16.5. The second kappa shape index (κ2) is 6.33. The molecule has 25 heavy (non-hydrogen) atoms. The SMILES string of the molecule is COC(=O)c1ccc(Cc2ccc3c(c2)C(C)(C)CCC3(C)C)cc1. The molecule has 0 saturated carbocycles. The van der Waals surface area contributed by atoms with Gasteiger partial charge in [0.05, 0.1) is 12.7 Å². The number of benzene rings is 2. The second-order valence-corrected chi connectivity index (χ2v) is 8.51. The summed E-state index contributed by atoms with van der Waals surface area (Å²) < 4.78 is 4.76. The lowest BCUT2D eigenvalue weighted by Crippen LogP contribution is -2.33. The third-order valence-electron chi connectivity index (χ3n) is 5.70. The quantitative estimate of drug-likeness (QED) is 0.700. The summed E-state index contributed by atoms with van der Waals surface area (Å²) in [4.78, 5) is 11.6. The number of carbonyl (C=O) groups excluding carboxylic acids is 1. The van der Waals surface area contributed by atoms with Crippen LogP contribution in [-0.4, -0.2) is 13.1 Å². The Morgan fingerprint density at radius 1 is 0.880 bits per heavy atom. The van der Waals surface area contributed by atoms with Crippen LogP contribution in [0.2, 0.25) is 0 Å². The molecule has 2 aromatic carbocycles. The van der Waals surface area contributed by atoms with Gasteiger partial charge in [-0.05, 0) is 64.5 Å². The van der Waals surface area contributed by atoms with Gasteiger partial charge in [0.25, 0.3) is 0 Å². The van der Waals surface area contributed by atoms with Crippen molar-refractivity contribution in [2.45, 2.75) is 57.8 Å². The van der Waals surface area contributed by atoms with E-state index in [0.29, 0.717) is 5.56 Å². The number of carbonyl (C=O) groups is 1. The Labute approximate surface area is 151 Å². The van der Waals surface area contributed by atoms with Crippen molar-refractivity contribution >= 4 is 5.97 Å². The summed E-state index contributed by atoms with van der Waals surface area (Å²) in [5.74, 6) is -0.288. The van der Waals surface area contributed by atoms with Gasteiger partial charge < -0.3 is 4.74 Å². The predicted octanol–water partition coefficient (Wildman–Crippen LogP) is 5.41. The third-order valence-corrected chi connectivity index (χ3v) is 5.70. The van der Waals surface area contributed by atoms with Crippen molar-refractivity contribution in [2.24, 2.45) is 0 Å². The van der Waals surface area contributed by atoms with Gasteiger partial charge in [-0.2, -0.15) is 0 Å². The Bertz CT molecular complexity index is 782. The fourth-order valence-corrected chi connectivity index (χ4v) is 3.86. The molecule has 0 saturated heterocycles. The van der Waals surface area contributed by atoms with Crippen molar-refractivity contribution < 1.29 is 9.53 Å². The lowest BCUT2D eigenvalue weighted by molar-refractivity contribution is 0.0600. The van der Waals surface area contributed by atoms with E-state index < -0.39 is 0 Å². The Balaban J connectivity index is 1.88. The van der Waals surface area contributed by atoms with Crippen LogP contribution in [-0.2, 0) is 22.0 Å². The smallest absolute Gasteiger partial charge is 0.337 e. The number of esters is 1. The molecule has 1 aliphatic rings. The monoisotopic (exact) mass is 336 g/mol. The van der Waals surface area contributed by atoms with Crippen molar-refractivity contribution in [1.29, 1.82) is 0 Å². The van der Waals surface area contributed by atoms with E-state index in [9.17, 15) is 4.79 Å². The van der Waals surface area contributed by atoms with Crippen LogP contribution in [0.25, 0.3) is 0 Å². The number of rotatable bonds is 3. The Hall–Kier alpha value is -2.09. The van der Waals surface area contributed by atoms with E-state index >= 15 is 0 Å². The standard InChI is InChI=1S/C23H28O2/c1-22(2)12-13-23(3,4)20-15-17(8-11-19(20)22)14-16-6-9-18(10-7-16)21(24)25-5/h6-11,15H,12-14H2,1-5H3. The molecule has 0 unspecified atom stereocenters. The minimum Gasteiger partial charge on any atom is -0.465 e. The molecule has 1 aliphatic carbocycles. The fourth-order valence-electron chi connectivity index (χ4n) is 3.86. The van der Waals surface area contributed by atoms with Crippen molar-refractivity contribution in [3.05, 3.63) is 70.3 Å². The molecular formula is C23H28O2. The highest BCUT2D eigenvalue weighted by Gasteiger charge is 2.36. The van der Waals surface area contributed by atoms with E-state index in [1.54, 1.807) is 0 Å². The zero-order valence-electron chi connectivity index (χ0n) is 16.0. The maximum absolute atomic E-state index is 11.6. The summed E-state index contributed by atoms with van der Waals surface area (Å²) in [5, 5.41) is 0. The zero-order valence-corrected chi connectivity index (χ0v) is 16.0. The second-order valence-electron chi connectivity index (χ2n) is 8.51. The minimum absolute atomic E-state index is 0.232. The van der Waals surface area contributed by atoms with Crippen LogP contribution >= 0.6 is 0 Å². The summed E-state index contributed by atoms with van der Waals surface area (Å²) in [6, 6.07) is 14.7. The van der Waals surface area contributed by atoms with Gasteiger partial charge in [0.2, 0.25) is 0 Å². The summed E-state index contributed by atoms with van der Waals surface area (Å²) in [6.07, 6.45) is 3.34. The Kier molecular flexibility index (Phi) is 4.49. The minimum atomic E-state index is -0.288. The number of methoxy groups -OCH3 is 1. The molecule has 0 aromatic heterocycles. The Morgan fingerprint density at radius 3 is 2.04 bits per heavy atom. The maximum Gasteiger partial charge on any atom is 0.337 e. The molecule has 0 bridgehead atoms. The fraction of sp³-hybridized carbons (Fsp3) is 0.435. The largest absolute Gasteiger partial charge is 0.465 e. The van der Waals surface area contributed by atoms with Crippen LogP contribution in [0.3, 0.4) is 0 Å². The first-order valence-corrected chi connectivity index (χ1v) is 9.04. The summed E-state index contributed by atoms with van der Waals surface area (Å²) >= 11 is 0. The van der Waals surface area contributed by atoms with E-state index in [0.717, 1.165) is 6.42 Å². The van der Waals surface area contributed by atoms with Gasteiger partial charge in [-0.15, -0.1) is 0 Å². The van der Waals surface area contributed by atoms with Crippen molar-refractivity contribution in [3.8, 4) is 0 Å². The van der Waals surface area contributed by atoms with E-state index in [1.165, 1.54) is 42.2 Å². The molecule has 0 N–H and O–H groups in total. The van der Waals surface area contributed by atoms with Crippen molar-refractivity contribution in [1.82, 2.24) is 0 Å². The van der Waals surface area contributed by atoms with E-state index in [4.69, 9.17) is 4.74 Å². The first-order valence-electron chi connectivity index (χ1n) is 9.04. The topological polar surface area (TPSA) is 26.3 Å². The van der Waals surface area contributed by atoms with Gasteiger partial charge in [0.15, 0.2) is 0 Å². The van der Waals surface area contributed by atoms with E-state index in [1.807, 2.05) is 24.3 Å². The first-order chi connectivity index (χ1) is 11.7. The molecule has 0 amide bonds. The van der Waals surface area contributed by atoms with Crippen LogP contribution in [0.1, 0.15) is 73.1 Å². The van der Waals surface area contributed by atoms with Crippen molar-refractivity contribution in [2.75, 3.05) is 7.11 Å². The molecule has 3 rings (SSSR count). The highest BCUT2D eigenvalue weighted by Crippen LogP contribution is 2.46. The number of fused-ring (bicyclic) bond motifs is 1. The van der Waals surface area contributed by atoms with Crippen molar-refractivity contribution in [3.63, 3.8) is 0 Å². The average molecular weight is 336 g/mol. The van der Waals surface area contributed by atoms with Gasteiger partial charge in [-0.25, -0.2) is 4.79 Å². The van der Waals surface area contributed by atoms with E-state index in [2.05, 4.69) is 45.9 Å². The summed E-state index contributed by atoms with van der Waals surface area (Å²) in [6.45, 7) is 9.42. The highest BCUT2D eigenvalue weighted by molar-refractivity contribution is 5.89. The lowest BCUT2D eigenvalue weighted by atomic mass is 9.63. The van der Waals surface area contributed by atoms with Crippen LogP contribution in [0.4, 0.5) is 0 Å². The molecule has 0 atom stereocenters. The zero-order chi connectivity index (χ0) is 18.2. The predicted molar refractivity (Wildman–Crippen MR) is 102 cm³/mol. The van der Waals surface area contributed by atoms with Crippen LogP contribution in [0, 0.1) is 0 Å². The molecule has 0 aliphatic heterocycles. The molecule has 132 valence electrons.